The molecule has 0 aromatic carbocycles. The number of hydrogen-bond acceptors (Lipinski definition) is 3. The number of likely N-dealkylation sites (N-methyl/N-ethyl adjacent to an activating group) is 1. The third kappa shape index (κ3) is 20.0. The zero-order valence-corrected chi connectivity index (χ0v) is 16.1. The van der Waals surface area contributed by atoms with E-state index >= 15 is 0 Å². The van der Waals surface area contributed by atoms with Gasteiger partial charge in [-0.3, -0.25) is 4.52 Å². The summed E-state index contributed by atoms with van der Waals surface area (Å²) in [7, 11) is -2.35. The minimum absolute atomic E-state index is 0.0824. The largest absolute Gasteiger partial charge is 0.469 e. The van der Waals surface area contributed by atoms with E-state index in [0.717, 1.165) is 13.0 Å². The lowest BCUT2D eigenvalue weighted by Gasteiger charge is -2.16. The Bertz CT molecular complexity index is 296. The van der Waals surface area contributed by atoms with Crippen LogP contribution in [0.3, 0.4) is 0 Å². The van der Waals surface area contributed by atoms with Crippen molar-refractivity contribution in [2.75, 3.05) is 26.7 Å². The van der Waals surface area contributed by atoms with Gasteiger partial charge in [-0.05, 0) is 20.0 Å². The average Bonchev–Trinajstić information content (AvgIpc) is 2.47. The molecule has 0 aliphatic rings. The highest BCUT2D eigenvalue weighted by Gasteiger charge is 2.13. The van der Waals surface area contributed by atoms with Crippen LogP contribution < -0.4 is 0 Å². The van der Waals surface area contributed by atoms with Crippen molar-refractivity contribution in [1.82, 2.24) is 4.90 Å². The number of rotatable bonds is 17. The molecule has 0 aliphatic carbocycles. The number of phosphoric ester groups is 1. The SMILES string of the molecule is CCCCCCCCCCCCCCN(C)CCOP(=O)(O)O. The first kappa shape index (κ1) is 23.1. The average molecular weight is 351 g/mol. The molecule has 0 amide bonds. The monoisotopic (exact) mass is 351 g/mol. The summed E-state index contributed by atoms with van der Waals surface area (Å²) in [4.78, 5) is 19.2. The quantitative estimate of drug-likeness (QED) is 0.293. The van der Waals surface area contributed by atoms with Gasteiger partial charge in [-0.2, -0.15) is 0 Å². The molecule has 0 saturated carbocycles. The third-order valence-corrected chi connectivity index (χ3v) is 4.64. The molecule has 6 heteroatoms. The maximum atomic E-state index is 10.5. The van der Waals surface area contributed by atoms with Gasteiger partial charge in [-0.15, -0.1) is 0 Å². The summed E-state index contributed by atoms with van der Waals surface area (Å²) in [5.41, 5.74) is 0. The molecule has 0 radical (unpaired) electrons. The first-order valence-corrected chi connectivity index (χ1v) is 10.9. The van der Waals surface area contributed by atoms with Crippen LogP contribution in [-0.4, -0.2) is 41.4 Å². The van der Waals surface area contributed by atoms with Gasteiger partial charge in [-0.1, -0.05) is 77.6 Å². The Morgan fingerprint density at radius 3 is 1.65 bits per heavy atom. The summed E-state index contributed by atoms with van der Waals surface area (Å²) >= 11 is 0. The topological polar surface area (TPSA) is 70.0 Å². The highest BCUT2D eigenvalue weighted by molar-refractivity contribution is 7.46. The maximum Gasteiger partial charge on any atom is 0.469 e. The van der Waals surface area contributed by atoms with Crippen molar-refractivity contribution in [2.24, 2.45) is 0 Å². The van der Waals surface area contributed by atoms with E-state index in [2.05, 4.69) is 16.3 Å². The summed E-state index contributed by atoms with van der Waals surface area (Å²) in [5, 5.41) is 0. The van der Waals surface area contributed by atoms with Gasteiger partial charge in [0, 0.05) is 6.54 Å². The minimum atomic E-state index is -4.31. The Morgan fingerprint density at radius 2 is 1.22 bits per heavy atom. The Balaban J connectivity index is 3.19. The third-order valence-electron chi connectivity index (χ3n) is 4.13. The predicted molar refractivity (Wildman–Crippen MR) is 96.6 cm³/mol. The van der Waals surface area contributed by atoms with Crippen LogP contribution in [-0.2, 0) is 9.09 Å². The van der Waals surface area contributed by atoms with Gasteiger partial charge < -0.3 is 14.7 Å². The summed E-state index contributed by atoms with van der Waals surface area (Å²) < 4.78 is 15.0. The number of nitrogens with zero attached hydrogens (tertiary/aromatic N) is 1. The molecule has 0 atom stereocenters. The molecule has 0 fully saturated rings. The predicted octanol–water partition coefficient (Wildman–Crippen LogP) is 4.73. The van der Waals surface area contributed by atoms with Crippen molar-refractivity contribution in [3.8, 4) is 0 Å². The van der Waals surface area contributed by atoms with Crippen molar-refractivity contribution in [3.05, 3.63) is 0 Å². The zero-order chi connectivity index (χ0) is 17.4. The summed E-state index contributed by atoms with van der Waals surface area (Å²) in [5.74, 6) is 0. The van der Waals surface area contributed by atoms with Gasteiger partial charge in [0.2, 0.25) is 0 Å². The Hall–Kier alpha value is 0.0700. The van der Waals surface area contributed by atoms with E-state index in [0.29, 0.717) is 6.54 Å². The lowest BCUT2D eigenvalue weighted by atomic mass is 10.1. The first-order chi connectivity index (χ1) is 11.0. The Morgan fingerprint density at radius 1 is 0.783 bits per heavy atom. The molecule has 0 rings (SSSR count). The maximum absolute atomic E-state index is 10.5. The second-order valence-electron chi connectivity index (χ2n) is 6.52. The van der Waals surface area contributed by atoms with Crippen LogP contribution in [0.1, 0.15) is 84.0 Å². The van der Waals surface area contributed by atoms with Crippen LogP contribution in [0.15, 0.2) is 0 Å². The molecule has 23 heavy (non-hydrogen) atoms. The molecule has 5 nitrogen and oxygen atoms in total. The second-order valence-corrected chi connectivity index (χ2v) is 7.76. The number of hydrogen-bond donors (Lipinski definition) is 2. The molecule has 0 aromatic heterocycles. The number of unbranched alkanes of at least 4 members (excludes halogenated alkanes) is 11. The van der Waals surface area contributed by atoms with E-state index in [-0.39, 0.29) is 6.61 Å². The molecular weight excluding hydrogens is 313 g/mol. The fraction of sp³-hybridized carbons (Fsp3) is 1.00. The Labute approximate surface area is 143 Å². The van der Waals surface area contributed by atoms with E-state index in [4.69, 9.17) is 9.79 Å². The summed E-state index contributed by atoms with van der Waals surface area (Å²) in [6.07, 6.45) is 16.1. The van der Waals surface area contributed by atoms with Crippen molar-refractivity contribution in [1.29, 1.82) is 0 Å². The van der Waals surface area contributed by atoms with Crippen molar-refractivity contribution in [3.63, 3.8) is 0 Å². The number of phosphoric acid groups is 1. The second kappa shape index (κ2) is 15.6. The highest BCUT2D eigenvalue weighted by atomic mass is 31.2. The lowest BCUT2D eigenvalue weighted by Crippen LogP contribution is -2.24. The van der Waals surface area contributed by atoms with E-state index in [1.165, 1.54) is 70.6 Å². The van der Waals surface area contributed by atoms with Crippen LogP contribution >= 0.6 is 7.82 Å². The van der Waals surface area contributed by atoms with Gasteiger partial charge in [-0.25, -0.2) is 4.57 Å². The van der Waals surface area contributed by atoms with Crippen molar-refractivity contribution in [2.45, 2.75) is 84.0 Å². The van der Waals surface area contributed by atoms with Crippen LogP contribution in [0.4, 0.5) is 0 Å². The molecule has 0 unspecified atom stereocenters. The Kier molecular flexibility index (Phi) is 15.6. The van der Waals surface area contributed by atoms with E-state index in [1.807, 2.05) is 7.05 Å². The van der Waals surface area contributed by atoms with Crippen molar-refractivity contribution >= 4 is 7.82 Å². The first-order valence-electron chi connectivity index (χ1n) is 9.34. The minimum Gasteiger partial charge on any atom is -0.304 e. The fourth-order valence-electron chi connectivity index (χ4n) is 2.65. The molecule has 0 saturated heterocycles. The van der Waals surface area contributed by atoms with E-state index < -0.39 is 7.82 Å². The molecule has 0 heterocycles. The van der Waals surface area contributed by atoms with Gasteiger partial charge >= 0.3 is 7.82 Å². The molecule has 0 bridgehead atoms. The van der Waals surface area contributed by atoms with Crippen LogP contribution in [0, 0.1) is 0 Å². The molecular formula is C17H38NO4P. The van der Waals surface area contributed by atoms with Crippen LogP contribution in [0.25, 0.3) is 0 Å². The van der Waals surface area contributed by atoms with Gasteiger partial charge in [0.05, 0.1) is 6.61 Å². The molecule has 0 aliphatic heterocycles. The van der Waals surface area contributed by atoms with E-state index in [9.17, 15) is 4.57 Å². The molecule has 2 N–H and O–H groups in total. The van der Waals surface area contributed by atoms with Crippen LogP contribution in [0.2, 0.25) is 0 Å². The normalized spacial score (nSPS) is 12.2. The van der Waals surface area contributed by atoms with Gasteiger partial charge in [0.25, 0.3) is 0 Å². The van der Waals surface area contributed by atoms with Gasteiger partial charge in [0.15, 0.2) is 0 Å². The standard InChI is InChI=1S/C17H38NO4P/c1-3-4-5-6-7-8-9-10-11-12-13-14-15-18(2)16-17-22-23(19,20)21/h3-17H2,1-2H3,(H2,19,20,21). The molecule has 140 valence electrons. The summed E-state index contributed by atoms with van der Waals surface area (Å²) in [6, 6.07) is 0. The highest BCUT2D eigenvalue weighted by Crippen LogP contribution is 2.35. The smallest absolute Gasteiger partial charge is 0.304 e. The van der Waals surface area contributed by atoms with E-state index in [1.54, 1.807) is 0 Å². The lowest BCUT2D eigenvalue weighted by molar-refractivity contribution is 0.171. The summed E-state index contributed by atoms with van der Waals surface area (Å²) in [6.45, 7) is 3.86. The molecule has 0 spiro atoms. The zero-order valence-electron chi connectivity index (χ0n) is 15.2. The fourth-order valence-corrected chi connectivity index (χ4v) is 2.97. The van der Waals surface area contributed by atoms with Gasteiger partial charge in [0.1, 0.15) is 0 Å². The van der Waals surface area contributed by atoms with Crippen molar-refractivity contribution < 1.29 is 18.9 Å². The molecule has 0 aromatic rings. The van der Waals surface area contributed by atoms with Crippen LogP contribution in [0.5, 0.6) is 0 Å².